The maximum Gasteiger partial charge on any atom is 0.401 e. The summed E-state index contributed by atoms with van der Waals surface area (Å²) in [5, 5.41) is 7.01. The van der Waals surface area contributed by atoms with Crippen molar-refractivity contribution in [2.24, 2.45) is 5.73 Å². The fraction of sp³-hybridized carbons (Fsp3) is 0.857. The van der Waals surface area contributed by atoms with Crippen molar-refractivity contribution in [2.75, 3.05) is 13.1 Å². The summed E-state index contributed by atoms with van der Waals surface area (Å²) in [7, 11) is 0. The number of nitrogens with two attached hydrogens (primary N) is 1. The average Bonchev–Trinajstić information content (AvgIpc) is 1.97. The largest absolute Gasteiger partial charge is 0.401 e. The minimum Gasteiger partial charge on any atom is -0.386 e. The van der Waals surface area contributed by atoms with Crippen molar-refractivity contribution in [3.63, 3.8) is 0 Å². The van der Waals surface area contributed by atoms with Crippen LogP contribution in [-0.2, 0) is 0 Å². The second kappa shape index (κ2) is 4.45. The third kappa shape index (κ3) is 4.72. The molecule has 1 atom stereocenters. The van der Waals surface area contributed by atoms with E-state index in [2.05, 4.69) is 0 Å². The van der Waals surface area contributed by atoms with Crippen LogP contribution >= 0.6 is 0 Å². The second-order valence-corrected chi connectivity index (χ2v) is 2.81. The Morgan fingerprint density at radius 1 is 1.54 bits per heavy atom. The Morgan fingerprint density at radius 2 is 2.00 bits per heavy atom. The van der Waals surface area contributed by atoms with Gasteiger partial charge in [0.15, 0.2) is 0 Å². The van der Waals surface area contributed by atoms with Crippen LogP contribution < -0.4 is 5.73 Å². The molecule has 78 valence electrons. The molecule has 0 saturated carbocycles. The first-order valence-corrected chi connectivity index (χ1v) is 3.92. The summed E-state index contributed by atoms with van der Waals surface area (Å²) in [5.74, 6) is -0.244. The van der Waals surface area contributed by atoms with Crippen molar-refractivity contribution < 1.29 is 13.2 Å². The van der Waals surface area contributed by atoms with Crippen molar-refractivity contribution in [1.82, 2.24) is 4.90 Å². The third-order valence-electron chi connectivity index (χ3n) is 1.79. The Kier molecular flexibility index (Phi) is 4.19. The number of nitrogens with one attached hydrogen (secondary N) is 1. The van der Waals surface area contributed by atoms with Gasteiger partial charge in [-0.1, -0.05) is 6.92 Å². The molecular formula is C7H14F3N3. The molecule has 1 unspecified atom stereocenters. The van der Waals surface area contributed by atoms with Crippen molar-refractivity contribution in [1.29, 1.82) is 5.41 Å². The van der Waals surface area contributed by atoms with Gasteiger partial charge in [0.2, 0.25) is 0 Å². The smallest absolute Gasteiger partial charge is 0.386 e. The van der Waals surface area contributed by atoms with Gasteiger partial charge in [0.25, 0.3) is 0 Å². The molecule has 0 aromatic heterocycles. The van der Waals surface area contributed by atoms with E-state index in [9.17, 15) is 13.2 Å². The topological polar surface area (TPSA) is 53.1 Å². The van der Waals surface area contributed by atoms with E-state index in [1.807, 2.05) is 0 Å². The lowest BCUT2D eigenvalue weighted by Crippen LogP contribution is -2.46. The predicted octanol–water partition coefficient (Wildman–Crippen LogP) is 1.20. The minimum absolute atomic E-state index is 0.222. The highest BCUT2D eigenvalue weighted by Crippen LogP contribution is 2.17. The van der Waals surface area contributed by atoms with Crippen LogP contribution in [0.2, 0.25) is 0 Å². The fourth-order valence-electron chi connectivity index (χ4n) is 0.950. The van der Waals surface area contributed by atoms with E-state index in [0.29, 0.717) is 0 Å². The van der Waals surface area contributed by atoms with E-state index >= 15 is 0 Å². The van der Waals surface area contributed by atoms with E-state index in [1.54, 1.807) is 6.92 Å². The Morgan fingerprint density at radius 3 is 2.23 bits per heavy atom. The van der Waals surface area contributed by atoms with Crippen LogP contribution in [-0.4, -0.2) is 36.0 Å². The lowest BCUT2D eigenvalue weighted by molar-refractivity contribution is -0.147. The van der Waals surface area contributed by atoms with Gasteiger partial charge in [-0.05, 0) is 13.5 Å². The van der Waals surface area contributed by atoms with Gasteiger partial charge in [0.1, 0.15) is 5.84 Å². The first-order chi connectivity index (χ1) is 5.78. The summed E-state index contributed by atoms with van der Waals surface area (Å²) < 4.78 is 35.9. The Labute approximate surface area is 75.2 Å². The van der Waals surface area contributed by atoms with Gasteiger partial charge in [0.05, 0.1) is 12.6 Å². The van der Waals surface area contributed by atoms with Gasteiger partial charge >= 0.3 is 6.18 Å². The summed E-state index contributed by atoms with van der Waals surface area (Å²) in [5.41, 5.74) is 5.11. The number of amidine groups is 1. The molecule has 0 radical (unpaired) electrons. The summed E-state index contributed by atoms with van der Waals surface area (Å²) >= 11 is 0. The molecule has 0 aliphatic carbocycles. The molecule has 0 saturated heterocycles. The van der Waals surface area contributed by atoms with Crippen molar-refractivity contribution >= 4 is 5.84 Å². The SMILES string of the molecule is CCN(CC(F)(F)F)C(C)C(=N)N. The molecule has 3 nitrogen and oxygen atoms in total. The Balaban J connectivity index is 4.26. The average molecular weight is 197 g/mol. The second-order valence-electron chi connectivity index (χ2n) is 2.81. The van der Waals surface area contributed by atoms with Crippen LogP contribution in [0, 0.1) is 5.41 Å². The maximum atomic E-state index is 12.0. The van der Waals surface area contributed by atoms with E-state index in [4.69, 9.17) is 11.1 Å². The predicted molar refractivity (Wildman–Crippen MR) is 44.7 cm³/mol. The first kappa shape index (κ1) is 12.2. The van der Waals surface area contributed by atoms with E-state index in [-0.39, 0.29) is 12.4 Å². The number of nitrogens with zero attached hydrogens (tertiary/aromatic N) is 1. The number of rotatable bonds is 4. The lowest BCUT2D eigenvalue weighted by atomic mass is 10.2. The first-order valence-electron chi connectivity index (χ1n) is 3.92. The Hall–Kier alpha value is -0.780. The quantitative estimate of drug-likeness (QED) is 0.525. The van der Waals surface area contributed by atoms with E-state index in [1.165, 1.54) is 6.92 Å². The normalized spacial score (nSPS) is 14.6. The van der Waals surface area contributed by atoms with Crippen LogP contribution in [0.25, 0.3) is 0 Å². The number of halogens is 3. The molecular weight excluding hydrogens is 183 g/mol. The van der Waals surface area contributed by atoms with Gasteiger partial charge in [-0.3, -0.25) is 10.3 Å². The van der Waals surface area contributed by atoms with Crippen LogP contribution in [0.4, 0.5) is 13.2 Å². The molecule has 3 N–H and O–H groups in total. The highest BCUT2D eigenvalue weighted by atomic mass is 19.4. The number of alkyl halides is 3. The van der Waals surface area contributed by atoms with Crippen molar-refractivity contribution in [2.45, 2.75) is 26.1 Å². The molecule has 0 aromatic rings. The molecule has 0 rings (SSSR count). The summed E-state index contributed by atoms with van der Waals surface area (Å²) in [4.78, 5) is 1.10. The number of hydrogen-bond acceptors (Lipinski definition) is 2. The van der Waals surface area contributed by atoms with Crippen LogP contribution in [0.15, 0.2) is 0 Å². The van der Waals surface area contributed by atoms with Crippen molar-refractivity contribution in [3.05, 3.63) is 0 Å². The zero-order chi connectivity index (χ0) is 10.6. The van der Waals surface area contributed by atoms with Crippen LogP contribution in [0.1, 0.15) is 13.8 Å². The summed E-state index contributed by atoms with van der Waals surface area (Å²) in [6.45, 7) is 2.28. The molecule has 0 aromatic carbocycles. The molecule has 6 heteroatoms. The molecule has 13 heavy (non-hydrogen) atoms. The molecule has 0 fully saturated rings. The van der Waals surface area contributed by atoms with Gasteiger partial charge in [-0.15, -0.1) is 0 Å². The molecule has 0 aliphatic heterocycles. The van der Waals surface area contributed by atoms with Gasteiger partial charge in [-0.25, -0.2) is 0 Å². The highest BCUT2D eigenvalue weighted by Gasteiger charge is 2.32. The van der Waals surface area contributed by atoms with Gasteiger partial charge in [0, 0.05) is 0 Å². The van der Waals surface area contributed by atoms with Crippen LogP contribution in [0.3, 0.4) is 0 Å². The van der Waals surface area contributed by atoms with E-state index < -0.39 is 18.8 Å². The molecule has 0 heterocycles. The van der Waals surface area contributed by atoms with Gasteiger partial charge in [-0.2, -0.15) is 13.2 Å². The van der Waals surface area contributed by atoms with Crippen LogP contribution in [0.5, 0.6) is 0 Å². The Bertz CT molecular complexity index is 178. The maximum absolute atomic E-state index is 12.0. The molecule has 0 spiro atoms. The number of hydrogen-bond donors (Lipinski definition) is 2. The summed E-state index contributed by atoms with van der Waals surface area (Å²) in [6, 6.07) is -0.661. The fourth-order valence-corrected chi connectivity index (χ4v) is 0.950. The summed E-state index contributed by atoms with van der Waals surface area (Å²) in [6.07, 6.45) is -4.24. The van der Waals surface area contributed by atoms with Gasteiger partial charge < -0.3 is 5.73 Å². The standard InChI is InChI=1S/C7H14F3N3/c1-3-13(4-7(8,9)10)5(2)6(11)12/h5H,3-4H2,1-2H3,(H3,11,12). The number of likely N-dealkylation sites (N-methyl/N-ethyl adjacent to an activating group) is 1. The zero-order valence-corrected chi connectivity index (χ0v) is 7.65. The lowest BCUT2D eigenvalue weighted by Gasteiger charge is -2.27. The minimum atomic E-state index is -4.24. The molecule has 0 bridgehead atoms. The van der Waals surface area contributed by atoms with E-state index in [0.717, 1.165) is 4.90 Å². The highest BCUT2D eigenvalue weighted by molar-refractivity contribution is 5.82. The monoisotopic (exact) mass is 197 g/mol. The zero-order valence-electron chi connectivity index (χ0n) is 7.65. The van der Waals surface area contributed by atoms with Crippen molar-refractivity contribution in [3.8, 4) is 0 Å². The third-order valence-corrected chi connectivity index (χ3v) is 1.79. The molecule has 0 amide bonds. The molecule has 0 aliphatic rings.